The van der Waals surface area contributed by atoms with Crippen LogP contribution in [0.3, 0.4) is 0 Å². The maximum atomic E-state index is 12.9. The largest absolute Gasteiger partial charge is 0.469 e. The normalized spacial score (nSPS) is 10.5. The van der Waals surface area contributed by atoms with Gasteiger partial charge in [0.25, 0.3) is 5.91 Å². The zero-order valence-electron chi connectivity index (χ0n) is 19.2. The number of carbonyl (C=O) groups is 3. The lowest BCUT2D eigenvalue weighted by Crippen LogP contribution is -2.35. The highest BCUT2D eigenvalue weighted by Gasteiger charge is 2.17. The smallest absolute Gasteiger partial charge is 0.306 e. The molecule has 0 fully saturated rings. The summed E-state index contributed by atoms with van der Waals surface area (Å²) < 4.78 is 4.74. The summed E-state index contributed by atoms with van der Waals surface area (Å²) in [5.41, 5.74) is 2.84. The van der Waals surface area contributed by atoms with Crippen molar-refractivity contribution in [1.82, 2.24) is 10.2 Å². The SMILES string of the molecule is COC(=O)CCN(CC(=O)Nc1ccccc1C(=O)NCc1ccccc1)Cc1ccccc1. The number of amides is 2. The van der Waals surface area contributed by atoms with Crippen LogP contribution in [0.4, 0.5) is 5.69 Å². The molecule has 2 amide bonds. The van der Waals surface area contributed by atoms with Gasteiger partial charge >= 0.3 is 5.97 Å². The number of esters is 1. The van der Waals surface area contributed by atoms with Gasteiger partial charge < -0.3 is 15.4 Å². The predicted octanol–water partition coefficient (Wildman–Crippen LogP) is 3.62. The molecule has 176 valence electrons. The van der Waals surface area contributed by atoms with Crippen LogP contribution in [0.15, 0.2) is 84.9 Å². The first kappa shape index (κ1) is 24.7. The number of para-hydroxylation sites is 1. The molecule has 0 radical (unpaired) electrons. The number of anilines is 1. The molecule has 2 N–H and O–H groups in total. The molecule has 3 aromatic rings. The number of carbonyl (C=O) groups excluding carboxylic acids is 3. The average Bonchev–Trinajstić information content (AvgIpc) is 2.87. The number of nitrogens with zero attached hydrogens (tertiary/aromatic N) is 1. The van der Waals surface area contributed by atoms with E-state index in [9.17, 15) is 14.4 Å². The minimum Gasteiger partial charge on any atom is -0.469 e. The van der Waals surface area contributed by atoms with Crippen LogP contribution in [-0.4, -0.2) is 42.9 Å². The lowest BCUT2D eigenvalue weighted by molar-refractivity contribution is -0.141. The van der Waals surface area contributed by atoms with E-state index in [1.807, 2.05) is 65.6 Å². The zero-order chi connectivity index (χ0) is 24.2. The van der Waals surface area contributed by atoms with E-state index in [0.29, 0.717) is 30.9 Å². The highest BCUT2D eigenvalue weighted by molar-refractivity contribution is 6.04. The number of nitrogens with one attached hydrogen (secondary N) is 2. The number of hydrogen-bond donors (Lipinski definition) is 2. The monoisotopic (exact) mass is 459 g/mol. The molecule has 0 heterocycles. The van der Waals surface area contributed by atoms with E-state index in [1.54, 1.807) is 24.3 Å². The summed E-state index contributed by atoms with van der Waals surface area (Å²) in [6, 6.07) is 26.2. The third kappa shape index (κ3) is 7.86. The number of benzene rings is 3. The molecule has 0 aliphatic heterocycles. The molecule has 0 aliphatic rings. The van der Waals surface area contributed by atoms with Crippen molar-refractivity contribution in [1.29, 1.82) is 0 Å². The van der Waals surface area contributed by atoms with Gasteiger partial charge in [0.05, 0.1) is 31.3 Å². The van der Waals surface area contributed by atoms with Gasteiger partial charge in [0.1, 0.15) is 0 Å². The number of rotatable bonds is 11. The summed E-state index contributed by atoms with van der Waals surface area (Å²) in [5.74, 6) is -0.880. The molecule has 0 saturated heterocycles. The minimum absolute atomic E-state index is 0.0614. The first-order valence-corrected chi connectivity index (χ1v) is 11.1. The van der Waals surface area contributed by atoms with Crippen molar-refractivity contribution >= 4 is 23.5 Å². The highest BCUT2D eigenvalue weighted by atomic mass is 16.5. The summed E-state index contributed by atoms with van der Waals surface area (Å²) in [4.78, 5) is 39.2. The van der Waals surface area contributed by atoms with Gasteiger partial charge in [-0.1, -0.05) is 72.8 Å². The second-order valence-corrected chi connectivity index (χ2v) is 7.78. The lowest BCUT2D eigenvalue weighted by atomic mass is 10.1. The second-order valence-electron chi connectivity index (χ2n) is 7.78. The van der Waals surface area contributed by atoms with Gasteiger partial charge in [0, 0.05) is 19.6 Å². The molecule has 3 rings (SSSR count). The maximum Gasteiger partial charge on any atom is 0.306 e. The molecule has 3 aromatic carbocycles. The molecule has 0 spiro atoms. The molecule has 0 unspecified atom stereocenters. The van der Waals surface area contributed by atoms with Gasteiger partial charge in [-0.3, -0.25) is 19.3 Å². The lowest BCUT2D eigenvalue weighted by Gasteiger charge is -2.22. The molecule has 0 aliphatic carbocycles. The maximum absolute atomic E-state index is 12.9. The molecule has 34 heavy (non-hydrogen) atoms. The molecule has 0 bridgehead atoms. The van der Waals surface area contributed by atoms with E-state index < -0.39 is 0 Å². The van der Waals surface area contributed by atoms with Crippen molar-refractivity contribution < 1.29 is 19.1 Å². The fourth-order valence-corrected chi connectivity index (χ4v) is 3.46. The van der Waals surface area contributed by atoms with Crippen molar-refractivity contribution in [3.63, 3.8) is 0 Å². The quantitative estimate of drug-likeness (QED) is 0.428. The van der Waals surface area contributed by atoms with Gasteiger partial charge in [-0.15, -0.1) is 0 Å². The van der Waals surface area contributed by atoms with E-state index in [4.69, 9.17) is 4.74 Å². The van der Waals surface area contributed by atoms with Crippen LogP contribution in [0.1, 0.15) is 27.9 Å². The van der Waals surface area contributed by atoms with Gasteiger partial charge in [-0.05, 0) is 23.3 Å². The Kier molecular flexibility index (Phi) is 9.37. The van der Waals surface area contributed by atoms with Crippen molar-refractivity contribution in [2.45, 2.75) is 19.5 Å². The first-order chi connectivity index (χ1) is 16.5. The Hall–Kier alpha value is -3.97. The Labute approximate surface area is 199 Å². The van der Waals surface area contributed by atoms with Crippen molar-refractivity contribution in [2.75, 3.05) is 25.5 Å². The number of methoxy groups -OCH3 is 1. The molecule has 0 saturated carbocycles. The summed E-state index contributed by atoms with van der Waals surface area (Å²) in [5, 5.41) is 5.74. The van der Waals surface area contributed by atoms with Gasteiger partial charge in [0.15, 0.2) is 0 Å². The van der Waals surface area contributed by atoms with Crippen LogP contribution in [0.5, 0.6) is 0 Å². The first-order valence-electron chi connectivity index (χ1n) is 11.1. The number of ether oxygens (including phenoxy) is 1. The Bertz CT molecular complexity index is 1090. The summed E-state index contributed by atoms with van der Waals surface area (Å²) in [7, 11) is 1.34. The molecule has 7 heteroatoms. The van der Waals surface area contributed by atoms with Crippen molar-refractivity contribution in [3.8, 4) is 0 Å². The van der Waals surface area contributed by atoms with E-state index in [0.717, 1.165) is 11.1 Å². The van der Waals surface area contributed by atoms with Crippen LogP contribution < -0.4 is 10.6 Å². The molecular weight excluding hydrogens is 430 g/mol. The molecular formula is C27H29N3O4. The van der Waals surface area contributed by atoms with Crippen LogP contribution in [0.25, 0.3) is 0 Å². The Morgan fingerprint density at radius 2 is 1.44 bits per heavy atom. The Morgan fingerprint density at radius 3 is 2.12 bits per heavy atom. The zero-order valence-corrected chi connectivity index (χ0v) is 19.2. The van der Waals surface area contributed by atoms with Crippen LogP contribution in [0, 0.1) is 0 Å². The second kappa shape index (κ2) is 12.9. The van der Waals surface area contributed by atoms with E-state index in [-0.39, 0.29) is 30.7 Å². The van der Waals surface area contributed by atoms with Crippen LogP contribution >= 0.6 is 0 Å². The van der Waals surface area contributed by atoms with Crippen LogP contribution in [-0.2, 0) is 27.4 Å². The van der Waals surface area contributed by atoms with E-state index in [2.05, 4.69) is 10.6 Å². The fourth-order valence-electron chi connectivity index (χ4n) is 3.46. The predicted molar refractivity (Wildman–Crippen MR) is 131 cm³/mol. The number of hydrogen-bond acceptors (Lipinski definition) is 5. The summed E-state index contributed by atoms with van der Waals surface area (Å²) in [6.07, 6.45) is 0.176. The van der Waals surface area contributed by atoms with Crippen LogP contribution in [0.2, 0.25) is 0 Å². The third-order valence-corrected chi connectivity index (χ3v) is 5.22. The minimum atomic E-state index is -0.334. The third-order valence-electron chi connectivity index (χ3n) is 5.22. The Balaban J connectivity index is 1.64. The molecule has 0 aromatic heterocycles. The van der Waals surface area contributed by atoms with Crippen molar-refractivity contribution in [3.05, 3.63) is 102 Å². The Morgan fingerprint density at radius 1 is 0.824 bits per heavy atom. The average molecular weight is 460 g/mol. The molecule has 7 nitrogen and oxygen atoms in total. The fraction of sp³-hybridized carbons (Fsp3) is 0.222. The highest BCUT2D eigenvalue weighted by Crippen LogP contribution is 2.16. The summed E-state index contributed by atoms with van der Waals surface area (Å²) >= 11 is 0. The topological polar surface area (TPSA) is 87.7 Å². The molecule has 0 atom stereocenters. The van der Waals surface area contributed by atoms with E-state index >= 15 is 0 Å². The van der Waals surface area contributed by atoms with Gasteiger partial charge in [-0.25, -0.2) is 0 Å². The van der Waals surface area contributed by atoms with E-state index in [1.165, 1.54) is 7.11 Å². The van der Waals surface area contributed by atoms with Gasteiger partial charge in [-0.2, -0.15) is 0 Å². The van der Waals surface area contributed by atoms with Crippen molar-refractivity contribution in [2.24, 2.45) is 0 Å². The standard InChI is InChI=1S/C27H29N3O4/c1-34-26(32)16-17-30(19-22-12-6-3-7-13-22)20-25(31)29-24-15-9-8-14-23(24)27(33)28-18-21-10-4-2-5-11-21/h2-15H,16-20H2,1H3,(H,28,33)(H,29,31). The van der Waals surface area contributed by atoms with Gasteiger partial charge in [0.2, 0.25) is 5.91 Å². The summed E-state index contributed by atoms with van der Waals surface area (Å²) in [6.45, 7) is 1.32.